The van der Waals surface area contributed by atoms with Crippen molar-refractivity contribution in [2.75, 3.05) is 14.2 Å². The Kier molecular flexibility index (Phi) is 5.96. The van der Waals surface area contributed by atoms with Gasteiger partial charge >= 0.3 is 0 Å². The molecule has 164 valence electrons. The van der Waals surface area contributed by atoms with Crippen LogP contribution in [0, 0.1) is 6.92 Å². The molecule has 0 radical (unpaired) electrons. The highest BCUT2D eigenvalue weighted by Gasteiger charge is 2.47. The van der Waals surface area contributed by atoms with Crippen LogP contribution < -0.4 is 9.47 Å². The molecule has 1 amide bonds. The average Bonchev–Trinajstić information content (AvgIpc) is 3.34. The molecule has 1 N–H and O–H groups in total. The molecule has 4 rings (SSSR count). The van der Waals surface area contributed by atoms with Crippen molar-refractivity contribution in [3.8, 4) is 11.5 Å². The fraction of sp³-hybridized carbons (Fsp3) is 0.208. The topological polar surface area (TPSA) is 89.0 Å². The third kappa shape index (κ3) is 3.73. The Morgan fingerprint density at radius 2 is 1.97 bits per heavy atom. The van der Waals surface area contributed by atoms with Gasteiger partial charge in [0.25, 0.3) is 11.7 Å². The van der Waals surface area contributed by atoms with Crippen LogP contribution in [0.15, 0.2) is 59.6 Å². The maximum atomic E-state index is 13.2. The number of ketones is 1. The lowest BCUT2D eigenvalue weighted by Gasteiger charge is -2.24. The van der Waals surface area contributed by atoms with E-state index in [1.165, 1.54) is 30.5 Å². The zero-order chi connectivity index (χ0) is 22.8. The van der Waals surface area contributed by atoms with Crippen LogP contribution in [0.25, 0.3) is 5.76 Å². The highest BCUT2D eigenvalue weighted by atomic mass is 32.1. The number of pyridine rings is 1. The molecule has 3 aromatic rings. The zero-order valence-corrected chi connectivity index (χ0v) is 18.7. The number of nitrogens with zero attached hydrogens (tertiary/aromatic N) is 2. The normalized spacial score (nSPS) is 17.6. The van der Waals surface area contributed by atoms with Gasteiger partial charge in [-0.05, 0) is 54.3 Å². The number of methoxy groups -OCH3 is 2. The lowest BCUT2D eigenvalue weighted by molar-refractivity contribution is -0.140. The van der Waals surface area contributed by atoms with Gasteiger partial charge in [0.05, 0.1) is 37.6 Å². The van der Waals surface area contributed by atoms with Gasteiger partial charge in [0, 0.05) is 11.1 Å². The smallest absolute Gasteiger partial charge is 0.296 e. The summed E-state index contributed by atoms with van der Waals surface area (Å²) in [5.74, 6) is -0.891. The van der Waals surface area contributed by atoms with E-state index in [1.54, 1.807) is 36.5 Å². The number of likely N-dealkylation sites (tertiary alicyclic amines) is 1. The number of Topliss-reactive ketones (excluding diaryl/α,β-unsaturated/α-hetero) is 1. The van der Waals surface area contributed by atoms with Gasteiger partial charge in [-0.3, -0.25) is 14.6 Å². The lowest BCUT2D eigenvalue weighted by atomic mass is 9.97. The summed E-state index contributed by atoms with van der Waals surface area (Å²) in [7, 11) is 2.98. The number of aliphatic hydroxyl groups excluding tert-OH is 1. The van der Waals surface area contributed by atoms with Crippen LogP contribution in [0.2, 0.25) is 0 Å². The first-order valence-corrected chi connectivity index (χ1v) is 10.8. The molecule has 1 unspecified atom stereocenters. The maximum absolute atomic E-state index is 13.2. The summed E-state index contributed by atoms with van der Waals surface area (Å²) in [5, 5.41) is 13.2. The van der Waals surface area contributed by atoms with E-state index in [-0.39, 0.29) is 23.4 Å². The van der Waals surface area contributed by atoms with E-state index in [0.717, 1.165) is 10.4 Å². The van der Waals surface area contributed by atoms with Gasteiger partial charge in [0.1, 0.15) is 23.3 Å². The summed E-state index contributed by atoms with van der Waals surface area (Å²) in [4.78, 5) is 32.9. The number of thiophene rings is 1. The summed E-state index contributed by atoms with van der Waals surface area (Å²) in [6.07, 6.45) is 1.64. The van der Waals surface area contributed by atoms with Crippen LogP contribution in [0.1, 0.15) is 27.7 Å². The summed E-state index contributed by atoms with van der Waals surface area (Å²) < 4.78 is 10.7. The molecule has 1 aliphatic heterocycles. The van der Waals surface area contributed by atoms with Gasteiger partial charge in [0.15, 0.2) is 0 Å². The van der Waals surface area contributed by atoms with Crippen molar-refractivity contribution in [1.82, 2.24) is 9.88 Å². The number of carbonyl (C=O) groups is 2. The molecular formula is C24H22N2O5S. The van der Waals surface area contributed by atoms with E-state index in [4.69, 9.17) is 9.47 Å². The Labute approximate surface area is 189 Å². The number of benzene rings is 1. The van der Waals surface area contributed by atoms with Crippen molar-refractivity contribution in [2.45, 2.75) is 19.5 Å². The van der Waals surface area contributed by atoms with Gasteiger partial charge in [-0.2, -0.15) is 0 Å². The molecule has 0 aliphatic carbocycles. The second-order valence-corrected chi connectivity index (χ2v) is 8.23. The monoisotopic (exact) mass is 450 g/mol. The molecule has 0 bridgehead atoms. The van der Waals surface area contributed by atoms with Gasteiger partial charge < -0.3 is 19.5 Å². The molecule has 0 saturated carbocycles. The van der Waals surface area contributed by atoms with Gasteiger partial charge in [-0.1, -0.05) is 6.07 Å². The van der Waals surface area contributed by atoms with E-state index in [0.29, 0.717) is 17.2 Å². The third-order valence-electron chi connectivity index (χ3n) is 5.41. The van der Waals surface area contributed by atoms with Crippen molar-refractivity contribution < 1.29 is 24.2 Å². The molecule has 0 spiro atoms. The third-order valence-corrected chi connectivity index (χ3v) is 6.48. The zero-order valence-electron chi connectivity index (χ0n) is 17.9. The number of ether oxygens (including phenoxy) is 2. The minimum atomic E-state index is -0.749. The Morgan fingerprint density at radius 1 is 1.16 bits per heavy atom. The second kappa shape index (κ2) is 8.84. The quantitative estimate of drug-likeness (QED) is 0.346. The number of aryl methyl sites for hydroxylation is 1. The molecule has 1 atom stereocenters. The van der Waals surface area contributed by atoms with Crippen LogP contribution in [-0.2, 0) is 16.1 Å². The van der Waals surface area contributed by atoms with Crippen LogP contribution in [0.4, 0.5) is 0 Å². The number of aromatic nitrogens is 1. The second-order valence-electron chi connectivity index (χ2n) is 7.28. The van der Waals surface area contributed by atoms with Crippen LogP contribution >= 0.6 is 11.3 Å². The van der Waals surface area contributed by atoms with Gasteiger partial charge in [-0.25, -0.2) is 0 Å². The maximum Gasteiger partial charge on any atom is 0.296 e. The fourth-order valence-corrected chi connectivity index (χ4v) is 4.84. The SMILES string of the molecule is COc1ccc(OC)c(/C(O)=C2\C(=O)C(=O)N(Cc3ccccn3)C2c2sccc2C)c1. The Bertz CT molecular complexity index is 1200. The average molecular weight is 451 g/mol. The predicted molar refractivity (Wildman–Crippen MR) is 121 cm³/mol. The Balaban J connectivity index is 1.91. The summed E-state index contributed by atoms with van der Waals surface area (Å²) >= 11 is 1.43. The standard InChI is InChI=1S/C24H22N2O5S/c1-14-9-11-32-23(14)20-19(21(27)17-12-16(30-2)7-8-18(17)31-3)22(28)24(29)26(20)13-15-6-4-5-10-25-15/h4-12,20,27H,13H2,1-3H3/b21-19+. The number of amides is 1. The van der Waals surface area contributed by atoms with Crippen molar-refractivity contribution in [1.29, 1.82) is 0 Å². The number of rotatable bonds is 6. The van der Waals surface area contributed by atoms with E-state index < -0.39 is 17.7 Å². The molecule has 1 aliphatic rings. The van der Waals surface area contributed by atoms with Crippen molar-refractivity contribution in [3.63, 3.8) is 0 Å². The molecule has 2 aromatic heterocycles. The van der Waals surface area contributed by atoms with Crippen molar-refractivity contribution in [3.05, 3.63) is 81.3 Å². The first-order valence-electron chi connectivity index (χ1n) is 9.91. The first-order chi connectivity index (χ1) is 15.5. The molecule has 1 saturated heterocycles. The number of hydrogen-bond acceptors (Lipinski definition) is 7. The molecule has 1 fully saturated rings. The summed E-state index contributed by atoms with van der Waals surface area (Å²) in [5.41, 5.74) is 1.87. The van der Waals surface area contributed by atoms with Crippen LogP contribution in [-0.4, -0.2) is 40.9 Å². The van der Waals surface area contributed by atoms with E-state index >= 15 is 0 Å². The van der Waals surface area contributed by atoms with E-state index in [9.17, 15) is 14.7 Å². The van der Waals surface area contributed by atoms with E-state index in [1.807, 2.05) is 24.4 Å². The van der Waals surface area contributed by atoms with Crippen molar-refractivity contribution in [2.24, 2.45) is 0 Å². The van der Waals surface area contributed by atoms with Gasteiger partial charge in [0.2, 0.25) is 0 Å². The predicted octanol–water partition coefficient (Wildman–Crippen LogP) is 4.09. The molecular weight excluding hydrogens is 428 g/mol. The van der Waals surface area contributed by atoms with Crippen LogP contribution in [0.5, 0.6) is 11.5 Å². The number of aliphatic hydroxyl groups is 1. The van der Waals surface area contributed by atoms with Crippen LogP contribution in [0.3, 0.4) is 0 Å². The highest BCUT2D eigenvalue weighted by molar-refractivity contribution is 7.10. The molecule has 7 nitrogen and oxygen atoms in total. The largest absolute Gasteiger partial charge is 0.507 e. The first kappa shape index (κ1) is 21.6. The van der Waals surface area contributed by atoms with E-state index in [2.05, 4.69) is 4.98 Å². The molecule has 1 aromatic carbocycles. The van der Waals surface area contributed by atoms with Crippen molar-refractivity contribution >= 4 is 28.8 Å². The summed E-state index contributed by atoms with van der Waals surface area (Å²) in [6, 6.07) is 11.5. The molecule has 8 heteroatoms. The number of hydrogen-bond donors (Lipinski definition) is 1. The Morgan fingerprint density at radius 3 is 2.59 bits per heavy atom. The minimum absolute atomic E-state index is 0.0167. The molecule has 3 heterocycles. The van der Waals surface area contributed by atoms with Gasteiger partial charge in [-0.15, -0.1) is 11.3 Å². The number of carbonyl (C=O) groups excluding carboxylic acids is 2. The minimum Gasteiger partial charge on any atom is -0.507 e. The summed E-state index contributed by atoms with van der Waals surface area (Å²) in [6.45, 7) is 2.05. The highest BCUT2D eigenvalue weighted by Crippen LogP contribution is 2.44. The molecule has 32 heavy (non-hydrogen) atoms. The Hall–Kier alpha value is -3.65. The lowest BCUT2D eigenvalue weighted by Crippen LogP contribution is -2.29. The fourth-order valence-electron chi connectivity index (χ4n) is 3.79.